The van der Waals surface area contributed by atoms with Gasteiger partial charge in [-0.05, 0) is 94.0 Å². The number of carbonyl (C=O) groups excluding carboxylic acids is 1. The van der Waals surface area contributed by atoms with E-state index >= 15 is 0 Å². The largest absolute Gasteiger partial charge is 0.370 e. The van der Waals surface area contributed by atoms with Crippen molar-refractivity contribution in [1.29, 1.82) is 0 Å². The molecule has 0 bridgehead atoms. The Morgan fingerprint density at radius 2 is 1.69 bits per heavy atom. The van der Waals surface area contributed by atoms with Crippen LogP contribution in [-0.2, 0) is 26.0 Å². The number of amides is 1. The summed E-state index contributed by atoms with van der Waals surface area (Å²) in [5, 5.41) is 3.16. The van der Waals surface area contributed by atoms with Crippen molar-refractivity contribution in [3.05, 3.63) is 63.1 Å². The molecule has 232 valence electrons. The summed E-state index contributed by atoms with van der Waals surface area (Å²) in [5.74, 6) is 1.00. The number of hydrogen-bond acceptors (Lipinski definition) is 5. The standard InChI is InChI=1S/C31H42Cl3N3O4S/c1-36(42(39,40)31-27(33)19-26(32)20-28(31)34)17-18-41-22-30(38)35-21-24-9-12-25(13-10-24)29(37-15-5-6-16-37)14-11-23-7-3-2-4-8-23/h2-4,7-8,19-20,24-25,29H,5-6,9-18,21-22H2,1H3,(H,35,38). The monoisotopic (exact) mass is 657 g/mol. The van der Waals surface area contributed by atoms with E-state index in [0.717, 1.165) is 23.6 Å². The number of nitrogens with zero attached hydrogens (tertiary/aromatic N) is 2. The van der Waals surface area contributed by atoms with Crippen LogP contribution in [0.15, 0.2) is 47.4 Å². The summed E-state index contributed by atoms with van der Waals surface area (Å²) in [6, 6.07) is 14.1. The molecule has 0 aromatic heterocycles. The molecule has 1 N–H and O–H groups in total. The van der Waals surface area contributed by atoms with Crippen molar-refractivity contribution < 1.29 is 17.9 Å². The number of carbonyl (C=O) groups is 1. The maximum atomic E-state index is 12.9. The summed E-state index contributed by atoms with van der Waals surface area (Å²) in [5.41, 5.74) is 1.42. The minimum Gasteiger partial charge on any atom is -0.370 e. The number of hydrogen-bond donors (Lipinski definition) is 1. The number of sulfonamides is 1. The van der Waals surface area contributed by atoms with Crippen LogP contribution in [0.5, 0.6) is 0 Å². The summed E-state index contributed by atoms with van der Waals surface area (Å²) >= 11 is 18.1. The maximum absolute atomic E-state index is 12.9. The van der Waals surface area contributed by atoms with Crippen molar-refractivity contribution in [2.75, 3.05) is 46.4 Å². The fraction of sp³-hybridized carbons (Fsp3) is 0.581. The normalized spacial score (nSPS) is 20.6. The van der Waals surface area contributed by atoms with Crippen molar-refractivity contribution in [2.24, 2.45) is 11.8 Å². The summed E-state index contributed by atoms with van der Waals surface area (Å²) in [4.78, 5) is 14.9. The lowest BCUT2D eigenvalue weighted by atomic mass is 9.76. The van der Waals surface area contributed by atoms with E-state index in [9.17, 15) is 13.2 Å². The van der Waals surface area contributed by atoms with Gasteiger partial charge in [-0.3, -0.25) is 4.79 Å². The predicted molar refractivity (Wildman–Crippen MR) is 170 cm³/mol. The van der Waals surface area contributed by atoms with E-state index in [-0.39, 0.29) is 45.6 Å². The van der Waals surface area contributed by atoms with Crippen LogP contribution in [-0.4, -0.2) is 76.0 Å². The lowest BCUT2D eigenvalue weighted by molar-refractivity contribution is -0.126. The fourth-order valence-electron chi connectivity index (χ4n) is 6.24. The summed E-state index contributed by atoms with van der Waals surface area (Å²) in [7, 11) is -2.54. The highest BCUT2D eigenvalue weighted by molar-refractivity contribution is 7.89. The van der Waals surface area contributed by atoms with E-state index in [0.29, 0.717) is 24.4 Å². The Morgan fingerprint density at radius 1 is 1.05 bits per heavy atom. The van der Waals surface area contributed by atoms with Gasteiger partial charge in [0.2, 0.25) is 15.9 Å². The second kappa shape index (κ2) is 16.1. The molecule has 2 aliphatic rings. The summed E-state index contributed by atoms with van der Waals surface area (Å²) in [6.45, 7) is 3.06. The molecule has 2 aromatic rings. The second-order valence-corrected chi connectivity index (χ2v) is 14.7. The van der Waals surface area contributed by atoms with Crippen LogP contribution in [0.1, 0.15) is 50.5 Å². The van der Waals surface area contributed by atoms with E-state index in [4.69, 9.17) is 39.5 Å². The number of likely N-dealkylation sites (tertiary alicyclic amines) is 1. The predicted octanol–water partition coefficient (Wildman–Crippen LogP) is 6.30. The lowest BCUT2D eigenvalue weighted by Gasteiger charge is -2.39. The Hall–Kier alpha value is -1.39. The number of nitrogens with one attached hydrogen (secondary N) is 1. The summed E-state index contributed by atoms with van der Waals surface area (Å²) in [6.07, 6.45) is 9.61. The Labute approximate surface area is 265 Å². The van der Waals surface area contributed by atoms with Gasteiger partial charge in [0.15, 0.2) is 0 Å². The summed E-state index contributed by atoms with van der Waals surface area (Å²) < 4.78 is 32.4. The molecule has 2 aromatic carbocycles. The number of likely N-dealkylation sites (N-methyl/N-ethyl adjacent to an activating group) is 1. The third-order valence-electron chi connectivity index (χ3n) is 8.62. The number of benzene rings is 2. The number of rotatable bonds is 14. The molecule has 11 heteroatoms. The van der Waals surface area contributed by atoms with Gasteiger partial charge in [-0.15, -0.1) is 0 Å². The van der Waals surface area contributed by atoms with E-state index in [1.807, 2.05) is 0 Å². The van der Waals surface area contributed by atoms with Gasteiger partial charge in [0.1, 0.15) is 11.5 Å². The molecule has 42 heavy (non-hydrogen) atoms. The minimum absolute atomic E-state index is 0.0391. The van der Waals surface area contributed by atoms with Crippen LogP contribution >= 0.6 is 34.8 Å². The molecule has 4 rings (SSSR count). The average Bonchev–Trinajstić information content (AvgIpc) is 3.49. The zero-order chi connectivity index (χ0) is 30.1. The van der Waals surface area contributed by atoms with E-state index in [2.05, 4.69) is 40.5 Å². The van der Waals surface area contributed by atoms with E-state index in [1.54, 1.807) is 0 Å². The third kappa shape index (κ3) is 9.31. The van der Waals surface area contributed by atoms with Crippen molar-refractivity contribution in [1.82, 2.24) is 14.5 Å². The quantitative estimate of drug-likeness (QED) is 0.241. The Morgan fingerprint density at radius 3 is 2.33 bits per heavy atom. The highest BCUT2D eigenvalue weighted by atomic mass is 35.5. The van der Waals surface area contributed by atoms with Crippen LogP contribution in [0.4, 0.5) is 0 Å². The maximum Gasteiger partial charge on any atom is 0.246 e. The number of ether oxygens (including phenoxy) is 1. The molecule has 1 aliphatic carbocycles. The molecular weight excluding hydrogens is 617 g/mol. The van der Waals surface area contributed by atoms with Crippen molar-refractivity contribution in [3.63, 3.8) is 0 Å². The molecule has 1 atom stereocenters. The molecule has 1 amide bonds. The van der Waals surface area contributed by atoms with Gasteiger partial charge < -0.3 is 15.0 Å². The minimum atomic E-state index is -3.95. The molecule has 1 aliphatic heterocycles. The average molecular weight is 659 g/mol. The SMILES string of the molecule is CN(CCOCC(=O)NCC1CCC(C(CCc2ccccc2)N2CCCC2)CC1)S(=O)(=O)c1c(Cl)cc(Cl)cc1Cl. The first-order chi connectivity index (χ1) is 20.1. The van der Waals surface area contributed by atoms with Gasteiger partial charge in [0.25, 0.3) is 0 Å². The molecule has 1 saturated heterocycles. The molecule has 7 nitrogen and oxygen atoms in total. The van der Waals surface area contributed by atoms with E-state index < -0.39 is 10.0 Å². The van der Waals surface area contributed by atoms with Gasteiger partial charge in [-0.1, -0.05) is 65.1 Å². The molecule has 2 fully saturated rings. The zero-order valence-electron chi connectivity index (χ0n) is 24.2. The van der Waals surface area contributed by atoms with Crippen molar-refractivity contribution in [3.8, 4) is 0 Å². The van der Waals surface area contributed by atoms with Crippen LogP contribution in [0, 0.1) is 11.8 Å². The first kappa shape index (κ1) is 33.5. The van der Waals surface area contributed by atoms with Gasteiger partial charge in [0, 0.05) is 31.2 Å². The van der Waals surface area contributed by atoms with Crippen molar-refractivity contribution in [2.45, 2.75) is 62.3 Å². The fourth-order valence-corrected chi connectivity index (χ4v) is 8.88. The van der Waals surface area contributed by atoms with Gasteiger partial charge >= 0.3 is 0 Å². The van der Waals surface area contributed by atoms with Crippen LogP contribution < -0.4 is 5.32 Å². The van der Waals surface area contributed by atoms with Gasteiger partial charge in [0.05, 0.1) is 16.7 Å². The molecule has 1 heterocycles. The highest BCUT2D eigenvalue weighted by Gasteiger charge is 2.32. The second-order valence-electron chi connectivity index (χ2n) is 11.5. The van der Waals surface area contributed by atoms with E-state index in [1.165, 1.54) is 69.9 Å². The first-order valence-corrected chi connectivity index (χ1v) is 17.5. The molecule has 1 unspecified atom stereocenters. The Kier molecular flexibility index (Phi) is 12.8. The molecule has 1 saturated carbocycles. The number of halogens is 3. The van der Waals surface area contributed by atoms with Crippen LogP contribution in [0.2, 0.25) is 15.1 Å². The Balaban J connectivity index is 1.15. The van der Waals surface area contributed by atoms with Crippen LogP contribution in [0.3, 0.4) is 0 Å². The molecular formula is C31H42Cl3N3O4S. The number of aryl methyl sites for hydroxylation is 1. The smallest absolute Gasteiger partial charge is 0.246 e. The highest BCUT2D eigenvalue weighted by Crippen LogP contribution is 2.36. The topological polar surface area (TPSA) is 79.0 Å². The molecule has 0 spiro atoms. The lowest BCUT2D eigenvalue weighted by Crippen LogP contribution is -2.42. The van der Waals surface area contributed by atoms with Gasteiger partial charge in [-0.2, -0.15) is 4.31 Å². The van der Waals surface area contributed by atoms with Gasteiger partial charge in [-0.25, -0.2) is 8.42 Å². The first-order valence-electron chi connectivity index (χ1n) is 14.9. The van der Waals surface area contributed by atoms with Crippen molar-refractivity contribution >= 4 is 50.7 Å². The van der Waals surface area contributed by atoms with Crippen LogP contribution in [0.25, 0.3) is 0 Å². The molecule has 0 radical (unpaired) electrons. The Bertz CT molecular complexity index is 1240. The third-order valence-corrected chi connectivity index (χ3v) is 11.6. The zero-order valence-corrected chi connectivity index (χ0v) is 27.3.